The number of rotatable bonds is 6. The highest BCUT2D eigenvalue weighted by Crippen LogP contribution is 2.27. The Morgan fingerprint density at radius 3 is 2.87 bits per heavy atom. The number of aliphatic hydroxyl groups is 1. The molecule has 3 heterocycles. The maximum atomic E-state index is 13.1. The van der Waals surface area contributed by atoms with Crippen LogP contribution in [0.2, 0.25) is 0 Å². The minimum Gasteiger partial charge on any atom is -0.379 e. The quantitative estimate of drug-likeness (QED) is 0.650. The van der Waals surface area contributed by atoms with Gasteiger partial charge in [-0.3, -0.25) is 19.6 Å². The highest BCUT2D eigenvalue weighted by molar-refractivity contribution is 5.93. The zero-order valence-electron chi connectivity index (χ0n) is 17.4. The zero-order valence-corrected chi connectivity index (χ0v) is 17.4. The normalized spacial score (nSPS) is 22.1. The molecule has 4 rings (SSSR count). The number of piperidine rings is 1. The molecular weight excluding hydrogens is 382 g/mol. The Morgan fingerprint density at radius 1 is 1.30 bits per heavy atom. The fourth-order valence-electron chi connectivity index (χ4n) is 4.50. The van der Waals surface area contributed by atoms with E-state index in [1.54, 1.807) is 11.9 Å². The molecule has 1 saturated heterocycles. The average molecular weight is 412 g/mol. The molecule has 30 heavy (non-hydrogen) atoms. The maximum Gasteiger partial charge on any atom is 0.271 e. The third-order valence-corrected chi connectivity index (χ3v) is 6.16. The summed E-state index contributed by atoms with van der Waals surface area (Å²) >= 11 is 0. The van der Waals surface area contributed by atoms with Crippen LogP contribution in [0.15, 0.2) is 30.3 Å². The summed E-state index contributed by atoms with van der Waals surface area (Å²) < 4.78 is 0. The number of fused-ring (bicyclic) bond motifs is 1. The van der Waals surface area contributed by atoms with Crippen molar-refractivity contribution in [2.45, 2.75) is 37.8 Å². The summed E-state index contributed by atoms with van der Waals surface area (Å²) in [6.07, 6.45) is 2.73. The van der Waals surface area contributed by atoms with E-state index in [2.05, 4.69) is 32.5 Å². The van der Waals surface area contributed by atoms with E-state index in [1.165, 1.54) is 5.56 Å². The topological polar surface area (TPSA) is 102 Å². The summed E-state index contributed by atoms with van der Waals surface area (Å²) in [6, 6.07) is 10.1. The molecule has 8 heteroatoms. The Labute approximate surface area is 176 Å². The summed E-state index contributed by atoms with van der Waals surface area (Å²) in [5, 5.41) is 21.0. The third-order valence-electron chi connectivity index (χ3n) is 6.16. The van der Waals surface area contributed by atoms with Gasteiger partial charge in [0.15, 0.2) is 11.3 Å². The fourth-order valence-corrected chi connectivity index (χ4v) is 4.50. The van der Waals surface area contributed by atoms with E-state index >= 15 is 0 Å². The van der Waals surface area contributed by atoms with E-state index in [0.29, 0.717) is 44.7 Å². The van der Waals surface area contributed by atoms with Crippen LogP contribution in [0.4, 0.5) is 0 Å². The van der Waals surface area contributed by atoms with Crippen molar-refractivity contribution in [1.29, 1.82) is 0 Å². The summed E-state index contributed by atoms with van der Waals surface area (Å²) in [4.78, 5) is 29.0. The van der Waals surface area contributed by atoms with Gasteiger partial charge in [0.1, 0.15) is 0 Å². The van der Waals surface area contributed by atoms with E-state index in [4.69, 9.17) is 0 Å². The Morgan fingerprint density at radius 2 is 2.10 bits per heavy atom. The molecule has 0 unspecified atom stereocenters. The minimum absolute atomic E-state index is 0.186. The Bertz CT molecular complexity index is 913. The monoisotopic (exact) mass is 411 g/mol. The number of aromatic nitrogens is 2. The van der Waals surface area contributed by atoms with Crippen LogP contribution in [0.5, 0.6) is 0 Å². The predicted octanol–water partition coefficient (Wildman–Crippen LogP) is 0.724. The SMILES string of the molecule is CNC(=O)c1n[nH]c2c1CN(C[C@]1(O)CCCN(CCc3ccccc3)C1=O)CC2. The fraction of sp³-hybridized carbons (Fsp3) is 0.500. The molecule has 0 bridgehead atoms. The Hall–Kier alpha value is -2.71. The van der Waals surface area contributed by atoms with Crippen molar-refractivity contribution in [3.05, 3.63) is 52.8 Å². The number of hydrogen-bond donors (Lipinski definition) is 3. The van der Waals surface area contributed by atoms with E-state index in [-0.39, 0.29) is 18.4 Å². The number of nitrogens with one attached hydrogen (secondary N) is 2. The molecule has 0 radical (unpaired) electrons. The van der Waals surface area contributed by atoms with Crippen LogP contribution in [-0.4, -0.2) is 75.7 Å². The summed E-state index contributed by atoms with van der Waals surface area (Å²) in [5.74, 6) is -0.414. The first kappa shape index (κ1) is 20.6. The first-order valence-electron chi connectivity index (χ1n) is 10.6. The second-order valence-corrected chi connectivity index (χ2v) is 8.23. The van der Waals surface area contributed by atoms with Gasteiger partial charge in [0.05, 0.1) is 0 Å². The molecule has 2 aromatic rings. The number of aromatic amines is 1. The third kappa shape index (κ3) is 4.11. The number of β-amino-alcohol motifs (C(OH)–C–C–N with tert-alkyl or cyclic N) is 1. The van der Waals surface area contributed by atoms with E-state index in [0.717, 1.165) is 24.1 Å². The highest BCUT2D eigenvalue weighted by Gasteiger charge is 2.43. The first-order valence-corrected chi connectivity index (χ1v) is 10.6. The van der Waals surface area contributed by atoms with Crippen LogP contribution in [0, 0.1) is 0 Å². The Balaban J connectivity index is 1.41. The largest absolute Gasteiger partial charge is 0.379 e. The van der Waals surface area contributed by atoms with Crippen molar-refractivity contribution in [2.24, 2.45) is 0 Å². The van der Waals surface area contributed by atoms with Crippen molar-refractivity contribution in [1.82, 2.24) is 25.3 Å². The van der Waals surface area contributed by atoms with Crippen LogP contribution in [0.1, 0.15) is 40.2 Å². The van der Waals surface area contributed by atoms with Gasteiger partial charge in [-0.25, -0.2) is 0 Å². The molecule has 1 atom stereocenters. The van der Waals surface area contributed by atoms with Gasteiger partial charge < -0.3 is 15.3 Å². The van der Waals surface area contributed by atoms with Gasteiger partial charge in [-0.2, -0.15) is 5.10 Å². The number of nitrogens with zero attached hydrogens (tertiary/aromatic N) is 3. The number of hydrogen-bond acceptors (Lipinski definition) is 5. The lowest BCUT2D eigenvalue weighted by molar-refractivity contribution is -0.159. The van der Waals surface area contributed by atoms with Gasteiger partial charge in [0.25, 0.3) is 11.8 Å². The minimum atomic E-state index is -1.39. The lowest BCUT2D eigenvalue weighted by Crippen LogP contribution is -2.59. The molecule has 2 aliphatic heterocycles. The smallest absolute Gasteiger partial charge is 0.271 e. The standard InChI is InChI=1S/C22H29N5O3/c1-23-20(28)19-17-14-26(12-9-18(17)24-25-19)15-22(30)10-5-11-27(21(22)29)13-8-16-6-3-2-4-7-16/h2-4,6-7,30H,5,8-15H2,1H3,(H,23,28)(H,24,25)/t22-/m1/s1. The number of likely N-dealkylation sites (tertiary alicyclic amines) is 1. The number of carbonyl (C=O) groups is 2. The summed E-state index contributed by atoms with van der Waals surface area (Å²) in [7, 11) is 1.58. The second kappa shape index (κ2) is 8.57. The van der Waals surface area contributed by atoms with Crippen LogP contribution >= 0.6 is 0 Å². The molecule has 1 fully saturated rings. The number of amides is 2. The molecule has 160 valence electrons. The van der Waals surface area contributed by atoms with Gasteiger partial charge in [-0.1, -0.05) is 30.3 Å². The first-order chi connectivity index (χ1) is 14.5. The molecule has 3 N–H and O–H groups in total. The van der Waals surface area contributed by atoms with Gasteiger partial charge >= 0.3 is 0 Å². The summed E-state index contributed by atoms with van der Waals surface area (Å²) in [6.45, 7) is 2.76. The summed E-state index contributed by atoms with van der Waals surface area (Å²) in [5.41, 5.74) is 2.00. The lowest BCUT2D eigenvalue weighted by atomic mass is 9.90. The van der Waals surface area contributed by atoms with Gasteiger partial charge in [-0.05, 0) is 24.8 Å². The Kier molecular flexibility index (Phi) is 5.87. The van der Waals surface area contributed by atoms with Crippen LogP contribution < -0.4 is 5.32 Å². The maximum absolute atomic E-state index is 13.1. The van der Waals surface area contributed by atoms with Crippen molar-refractivity contribution >= 4 is 11.8 Å². The zero-order chi connectivity index (χ0) is 21.1. The van der Waals surface area contributed by atoms with E-state index in [1.807, 2.05) is 18.2 Å². The van der Waals surface area contributed by atoms with Gasteiger partial charge in [0, 0.05) is 57.4 Å². The lowest BCUT2D eigenvalue weighted by Gasteiger charge is -2.41. The van der Waals surface area contributed by atoms with E-state index in [9.17, 15) is 14.7 Å². The highest BCUT2D eigenvalue weighted by atomic mass is 16.3. The average Bonchev–Trinajstić information content (AvgIpc) is 3.18. The molecule has 2 amide bonds. The number of benzene rings is 1. The van der Waals surface area contributed by atoms with Gasteiger partial charge in [-0.15, -0.1) is 0 Å². The van der Waals surface area contributed by atoms with Crippen molar-refractivity contribution in [3.63, 3.8) is 0 Å². The van der Waals surface area contributed by atoms with Crippen molar-refractivity contribution in [3.8, 4) is 0 Å². The number of H-pyrrole nitrogens is 1. The van der Waals surface area contributed by atoms with Crippen LogP contribution in [0.25, 0.3) is 0 Å². The van der Waals surface area contributed by atoms with Crippen molar-refractivity contribution < 1.29 is 14.7 Å². The van der Waals surface area contributed by atoms with Crippen LogP contribution in [-0.2, 0) is 24.2 Å². The molecular formula is C22H29N5O3. The molecule has 2 aliphatic rings. The second-order valence-electron chi connectivity index (χ2n) is 8.23. The van der Waals surface area contributed by atoms with Crippen molar-refractivity contribution in [2.75, 3.05) is 33.2 Å². The molecule has 0 saturated carbocycles. The number of carbonyl (C=O) groups excluding carboxylic acids is 2. The predicted molar refractivity (Wildman–Crippen MR) is 112 cm³/mol. The molecule has 8 nitrogen and oxygen atoms in total. The molecule has 0 spiro atoms. The molecule has 0 aliphatic carbocycles. The van der Waals surface area contributed by atoms with E-state index < -0.39 is 5.60 Å². The van der Waals surface area contributed by atoms with Crippen LogP contribution in [0.3, 0.4) is 0 Å². The molecule has 1 aromatic carbocycles. The van der Waals surface area contributed by atoms with Gasteiger partial charge in [0.2, 0.25) is 0 Å². The molecule has 1 aromatic heterocycles.